The van der Waals surface area contributed by atoms with Gasteiger partial charge in [-0.2, -0.15) is 0 Å². The van der Waals surface area contributed by atoms with Gasteiger partial charge in [-0.1, -0.05) is 23.7 Å². The molecule has 3 rings (SSSR count). The SMILES string of the molecule is Clc1ccccc1N1CCN(C[C@@H]2CCCCO2)CC1. The van der Waals surface area contributed by atoms with E-state index in [1.807, 2.05) is 12.1 Å². The lowest BCUT2D eigenvalue weighted by Gasteiger charge is -2.38. The second-order valence-electron chi connectivity index (χ2n) is 5.73. The Morgan fingerprint density at radius 2 is 1.90 bits per heavy atom. The summed E-state index contributed by atoms with van der Waals surface area (Å²) in [5.74, 6) is 0. The van der Waals surface area contributed by atoms with Gasteiger partial charge in [-0.25, -0.2) is 0 Å². The molecule has 0 spiro atoms. The van der Waals surface area contributed by atoms with Crippen molar-refractivity contribution in [1.29, 1.82) is 0 Å². The molecule has 0 saturated carbocycles. The number of hydrogen-bond donors (Lipinski definition) is 0. The van der Waals surface area contributed by atoms with E-state index in [1.165, 1.54) is 24.9 Å². The molecule has 0 radical (unpaired) electrons. The van der Waals surface area contributed by atoms with Crippen molar-refractivity contribution in [2.24, 2.45) is 0 Å². The standard InChI is InChI=1S/C16H23ClN2O/c17-15-6-1-2-7-16(15)19-10-8-18(9-11-19)13-14-5-3-4-12-20-14/h1-2,6-7,14H,3-5,8-13H2/t14-/m0/s1. The van der Waals surface area contributed by atoms with Gasteiger partial charge in [0.2, 0.25) is 0 Å². The molecule has 2 heterocycles. The number of ether oxygens (including phenoxy) is 1. The van der Waals surface area contributed by atoms with Crippen LogP contribution in [0, 0.1) is 0 Å². The minimum absolute atomic E-state index is 0.454. The van der Waals surface area contributed by atoms with E-state index in [4.69, 9.17) is 16.3 Å². The fraction of sp³-hybridized carbons (Fsp3) is 0.625. The summed E-state index contributed by atoms with van der Waals surface area (Å²) in [5, 5.41) is 0.858. The van der Waals surface area contributed by atoms with Crippen molar-refractivity contribution >= 4 is 17.3 Å². The first-order valence-corrected chi connectivity index (χ1v) is 8.04. The van der Waals surface area contributed by atoms with E-state index >= 15 is 0 Å². The molecule has 2 fully saturated rings. The van der Waals surface area contributed by atoms with Crippen molar-refractivity contribution in [1.82, 2.24) is 4.90 Å². The van der Waals surface area contributed by atoms with Gasteiger partial charge in [0, 0.05) is 39.3 Å². The summed E-state index contributed by atoms with van der Waals surface area (Å²) in [6, 6.07) is 8.13. The van der Waals surface area contributed by atoms with Crippen LogP contribution in [0.5, 0.6) is 0 Å². The third-order valence-electron chi connectivity index (χ3n) is 4.30. The van der Waals surface area contributed by atoms with Crippen LogP contribution in [0.3, 0.4) is 0 Å². The van der Waals surface area contributed by atoms with Crippen molar-refractivity contribution in [3.63, 3.8) is 0 Å². The van der Waals surface area contributed by atoms with E-state index in [9.17, 15) is 0 Å². The monoisotopic (exact) mass is 294 g/mol. The lowest BCUT2D eigenvalue weighted by atomic mass is 10.1. The van der Waals surface area contributed by atoms with Gasteiger partial charge in [0.1, 0.15) is 0 Å². The Balaban J connectivity index is 1.50. The molecule has 0 aliphatic carbocycles. The van der Waals surface area contributed by atoms with Crippen LogP contribution in [-0.4, -0.2) is 50.3 Å². The summed E-state index contributed by atoms with van der Waals surface area (Å²) in [6.07, 6.45) is 4.24. The highest BCUT2D eigenvalue weighted by atomic mass is 35.5. The molecular weight excluding hydrogens is 272 g/mol. The van der Waals surface area contributed by atoms with E-state index in [0.29, 0.717) is 6.10 Å². The third kappa shape index (κ3) is 3.46. The molecule has 1 aromatic rings. The highest BCUT2D eigenvalue weighted by Crippen LogP contribution is 2.26. The molecule has 0 aromatic heterocycles. The lowest BCUT2D eigenvalue weighted by molar-refractivity contribution is -0.00645. The molecule has 4 heteroatoms. The summed E-state index contributed by atoms with van der Waals surface area (Å²) >= 11 is 6.27. The van der Waals surface area contributed by atoms with Crippen molar-refractivity contribution in [3.05, 3.63) is 29.3 Å². The zero-order valence-electron chi connectivity index (χ0n) is 11.9. The first kappa shape index (κ1) is 14.2. The maximum atomic E-state index is 6.27. The number of rotatable bonds is 3. The molecule has 2 aliphatic heterocycles. The summed E-state index contributed by atoms with van der Waals surface area (Å²) in [7, 11) is 0. The van der Waals surface area contributed by atoms with Gasteiger partial charge in [-0.3, -0.25) is 4.90 Å². The smallest absolute Gasteiger partial charge is 0.0702 e. The van der Waals surface area contributed by atoms with Crippen LogP contribution in [-0.2, 0) is 4.74 Å². The van der Waals surface area contributed by atoms with Gasteiger partial charge in [0.25, 0.3) is 0 Å². The van der Waals surface area contributed by atoms with Crippen LogP contribution in [0.1, 0.15) is 19.3 Å². The zero-order chi connectivity index (χ0) is 13.8. The van der Waals surface area contributed by atoms with Crippen molar-refractivity contribution in [2.45, 2.75) is 25.4 Å². The second kappa shape index (κ2) is 6.79. The molecule has 110 valence electrons. The molecule has 1 atom stereocenters. The number of para-hydroxylation sites is 1. The van der Waals surface area contributed by atoms with Crippen LogP contribution in [0.2, 0.25) is 5.02 Å². The van der Waals surface area contributed by atoms with Crippen LogP contribution < -0.4 is 4.90 Å². The molecule has 20 heavy (non-hydrogen) atoms. The molecule has 2 aliphatic rings. The number of piperazine rings is 1. The van der Waals surface area contributed by atoms with Crippen molar-refractivity contribution in [3.8, 4) is 0 Å². The minimum atomic E-state index is 0.454. The fourth-order valence-corrected chi connectivity index (χ4v) is 3.37. The average molecular weight is 295 g/mol. The first-order valence-electron chi connectivity index (χ1n) is 7.66. The van der Waals surface area contributed by atoms with Crippen LogP contribution in [0.4, 0.5) is 5.69 Å². The number of anilines is 1. The Kier molecular flexibility index (Phi) is 4.81. The van der Waals surface area contributed by atoms with Gasteiger partial charge < -0.3 is 9.64 Å². The number of nitrogens with zero attached hydrogens (tertiary/aromatic N) is 2. The first-order chi connectivity index (χ1) is 9.83. The topological polar surface area (TPSA) is 15.7 Å². The Bertz CT molecular complexity index is 426. The van der Waals surface area contributed by atoms with E-state index in [1.54, 1.807) is 0 Å². The predicted molar refractivity (Wildman–Crippen MR) is 83.7 cm³/mol. The highest BCUT2D eigenvalue weighted by molar-refractivity contribution is 6.33. The van der Waals surface area contributed by atoms with Gasteiger partial charge >= 0.3 is 0 Å². The van der Waals surface area contributed by atoms with Crippen molar-refractivity contribution in [2.75, 3.05) is 44.2 Å². The quantitative estimate of drug-likeness (QED) is 0.852. The van der Waals surface area contributed by atoms with E-state index in [2.05, 4.69) is 21.9 Å². The Labute approximate surface area is 126 Å². The van der Waals surface area contributed by atoms with Gasteiger partial charge in [0.05, 0.1) is 16.8 Å². The maximum absolute atomic E-state index is 6.27. The van der Waals surface area contributed by atoms with E-state index in [0.717, 1.165) is 44.4 Å². The number of benzene rings is 1. The molecule has 2 saturated heterocycles. The Hall–Kier alpha value is -0.770. The molecule has 0 amide bonds. The molecular formula is C16H23ClN2O. The maximum Gasteiger partial charge on any atom is 0.0702 e. The molecule has 0 unspecified atom stereocenters. The van der Waals surface area contributed by atoms with Crippen molar-refractivity contribution < 1.29 is 4.74 Å². The molecule has 0 bridgehead atoms. The number of hydrogen-bond acceptors (Lipinski definition) is 3. The minimum Gasteiger partial charge on any atom is -0.377 e. The summed E-state index contributed by atoms with van der Waals surface area (Å²) in [4.78, 5) is 4.92. The van der Waals surface area contributed by atoms with Crippen LogP contribution in [0.25, 0.3) is 0 Å². The van der Waals surface area contributed by atoms with E-state index < -0.39 is 0 Å². The zero-order valence-corrected chi connectivity index (χ0v) is 12.7. The van der Waals surface area contributed by atoms with Crippen LogP contribution in [0.15, 0.2) is 24.3 Å². The summed E-state index contributed by atoms with van der Waals surface area (Å²) in [6.45, 7) is 6.35. The normalized spacial score (nSPS) is 24.9. The summed E-state index contributed by atoms with van der Waals surface area (Å²) < 4.78 is 5.83. The predicted octanol–water partition coefficient (Wildman–Crippen LogP) is 3.03. The average Bonchev–Trinajstić information content (AvgIpc) is 2.50. The van der Waals surface area contributed by atoms with E-state index in [-0.39, 0.29) is 0 Å². The summed E-state index contributed by atoms with van der Waals surface area (Å²) in [5.41, 5.74) is 1.17. The Morgan fingerprint density at radius 1 is 1.10 bits per heavy atom. The second-order valence-corrected chi connectivity index (χ2v) is 6.13. The third-order valence-corrected chi connectivity index (χ3v) is 4.62. The molecule has 1 aromatic carbocycles. The molecule has 3 nitrogen and oxygen atoms in total. The largest absolute Gasteiger partial charge is 0.377 e. The molecule has 0 N–H and O–H groups in total. The van der Waals surface area contributed by atoms with Gasteiger partial charge in [-0.15, -0.1) is 0 Å². The lowest BCUT2D eigenvalue weighted by Crippen LogP contribution is -2.49. The Morgan fingerprint density at radius 3 is 2.60 bits per heavy atom. The van der Waals surface area contributed by atoms with Gasteiger partial charge in [0.15, 0.2) is 0 Å². The van der Waals surface area contributed by atoms with Crippen LogP contribution >= 0.6 is 11.6 Å². The number of halogens is 1. The van der Waals surface area contributed by atoms with Gasteiger partial charge in [-0.05, 0) is 31.4 Å². The highest BCUT2D eigenvalue weighted by Gasteiger charge is 2.22. The fourth-order valence-electron chi connectivity index (χ4n) is 3.12.